The molecule has 1 aliphatic carbocycles. The standard InChI is InChI=1S/C10H13NO2S/c1-6-11-5-10(14-6)7-2-3-8(12)9(13)4-7/h5,7,9,13H,2-4H2,1H3. The van der Waals surface area contributed by atoms with E-state index in [-0.39, 0.29) is 5.78 Å². The van der Waals surface area contributed by atoms with Gasteiger partial charge in [0, 0.05) is 17.5 Å². The predicted molar refractivity (Wildman–Crippen MR) is 54.5 cm³/mol. The van der Waals surface area contributed by atoms with E-state index in [0.29, 0.717) is 18.8 Å². The highest BCUT2D eigenvalue weighted by atomic mass is 32.1. The van der Waals surface area contributed by atoms with Gasteiger partial charge in [0.25, 0.3) is 0 Å². The Kier molecular flexibility index (Phi) is 2.65. The predicted octanol–water partition coefficient (Wildman–Crippen LogP) is 1.65. The zero-order valence-corrected chi connectivity index (χ0v) is 8.88. The molecule has 1 saturated carbocycles. The van der Waals surface area contributed by atoms with Crippen LogP contribution in [0.2, 0.25) is 0 Å². The van der Waals surface area contributed by atoms with Gasteiger partial charge in [-0.3, -0.25) is 4.79 Å². The molecule has 76 valence electrons. The minimum absolute atomic E-state index is 0.0116. The smallest absolute Gasteiger partial charge is 0.161 e. The summed E-state index contributed by atoms with van der Waals surface area (Å²) in [7, 11) is 0. The third kappa shape index (κ3) is 1.86. The van der Waals surface area contributed by atoms with Crippen molar-refractivity contribution in [3.63, 3.8) is 0 Å². The molecule has 1 aromatic heterocycles. The third-order valence-corrected chi connectivity index (χ3v) is 3.74. The molecule has 0 saturated heterocycles. The number of aromatic nitrogens is 1. The molecule has 1 heterocycles. The fourth-order valence-corrected chi connectivity index (χ4v) is 2.76. The number of hydrogen-bond acceptors (Lipinski definition) is 4. The van der Waals surface area contributed by atoms with Gasteiger partial charge < -0.3 is 5.11 Å². The van der Waals surface area contributed by atoms with Gasteiger partial charge in [-0.15, -0.1) is 11.3 Å². The Bertz CT molecular complexity index is 348. The summed E-state index contributed by atoms with van der Waals surface area (Å²) in [6.07, 6.45) is 3.05. The van der Waals surface area contributed by atoms with Crippen molar-refractivity contribution >= 4 is 17.1 Å². The van der Waals surface area contributed by atoms with E-state index in [2.05, 4.69) is 4.98 Å². The third-order valence-electron chi connectivity index (χ3n) is 2.66. The first-order chi connectivity index (χ1) is 6.66. The summed E-state index contributed by atoms with van der Waals surface area (Å²) in [4.78, 5) is 16.5. The van der Waals surface area contributed by atoms with Crippen molar-refractivity contribution in [2.45, 2.75) is 38.2 Å². The molecular weight excluding hydrogens is 198 g/mol. The Morgan fingerprint density at radius 2 is 2.43 bits per heavy atom. The van der Waals surface area contributed by atoms with Crippen LogP contribution in [0.25, 0.3) is 0 Å². The van der Waals surface area contributed by atoms with Crippen LogP contribution < -0.4 is 0 Å². The summed E-state index contributed by atoms with van der Waals surface area (Å²) in [6, 6.07) is 0. The van der Waals surface area contributed by atoms with Gasteiger partial charge in [-0.1, -0.05) is 0 Å². The van der Waals surface area contributed by atoms with Crippen LogP contribution in [0.1, 0.15) is 35.1 Å². The Labute approximate surface area is 86.8 Å². The van der Waals surface area contributed by atoms with Crippen molar-refractivity contribution in [3.8, 4) is 0 Å². The molecule has 14 heavy (non-hydrogen) atoms. The topological polar surface area (TPSA) is 50.2 Å². The second-order valence-electron chi connectivity index (χ2n) is 3.74. The lowest BCUT2D eigenvalue weighted by Gasteiger charge is -2.23. The molecule has 0 amide bonds. The fraction of sp³-hybridized carbons (Fsp3) is 0.600. The van der Waals surface area contributed by atoms with Gasteiger partial charge in [0.1, 0.15) is 6.10 Å². The number of ketones is 1. The summed E-state index contributed by atoms with van der Waals surface area (Å²) >= 11 is 1.66. The molecule has 2 rings (SSSR count). The van der Waals surface area contributed by atoms with Crippen LogP contribution in [0.4, 0.5) is 0 Å². The molecule has 0 bridgehead atoms. The van der Waals surface area contributed by atoms with E-state index in [1.807, 2.05) is 13.1 Å². The highest BCUT2D eigenvalue weighted by Gasteiger charge is 2.28. The molecule has 1 aliphatic rings. The number of rotatable bonds is 1. The highest BCUT2D eigenvalue weighted by molar-refractivity contribution is 7.11. The van der Waals surface area contributed by atoms with Crippen molar-refractivity contribution in [1.82, 2.24) is 4.98 Å². The minimum Gasteiger partial charge on any atom is -0.385 e. The Morgan fingerprint density at radius 3 is 3.00 bits per heavy atom. The average molecular weight is 211 g/mol. The summed E-state index contributed by atoms with van der Waals surface area (Å²) in [5.74, 6) is 0.316. The number of nitrogens with zero attached hydrogens (tertiary/aromatic N) is 1. The van der Waals surface area contributed by atoms with E-state index in [4.69, 9.17) is 0 Å². The average Bonchev–Trinajstić information content (AvgIpc) is 2.57. The van der Waals surface area contributed by atoms with E-state index < -0.39 is 6.10 Å². The van der Waals surface area contributed by atoms with Gasteiger partial charge >= 0.3 is 0 Å². The van der Waals surface area contributed by atoms with E-state index in [0.717, 1.165) is 11.4 Å². The van der Waals surface area contributed by atoms with Crippen LogP contribution in [0.15, 0.2) is 6.20 Å². The van der Waals surface area contributed by atoms with Gasteiger partial charge in [0.05, 0.1) is 5.01 Å². The number of Topliss-reactive ketones (excluding diaryl/α,β-unsaturated/α-hetero) is 1. The maximum atomic E-state index is 11.1. The zero-order chi connectivity index (χ0) is 10.1. The normalized spacial score (nSPS) is 28.0. The number of aliphatic hydroxyl groups is 1. The van der Waals surface area contributed by atoms with Crippen LogP contribution in [-0.2, 0) is 4.79 Å². The number of carbonyl (C=O) groups excluding carboxylic acids is 1. The molecule has 0 spiro atoms. The summed E-state index contributed by atoms with van der Waals surface area (Å²) in [5, 5.41) is 10.5. The van der Waals surface area contributed by atoms with Crippen LogP contribution in [0.3, 0.4) is 0 Å². The van der Waals surface area contributed by atoms with E-state index >= 15 is 0 Å². The van der Waals surface area contributed by atoms with Crippen LogP contribution >= 0.6 is 11.3 Å². The van der Waals surface area contributed by atoms with E-state index in [1.165, 1.54) is 4.88 Å². The lowest BCUT2D eigenvalue weighted by Crippen LogP contribution is -2.27. The first-order valence-electron chi connectivity index (χ1n) is 4.80. The first-order valence-corrected chi connectivity index (χ1v) is 5.61. The highest BCUT2D eigenvalue weighted by Crippen LogP contribution is 2.34. The molecular formula is C10H13NO2S. The lowest BCUT2D eigenvalue weighted by atomic mass is 9.86. The SMILES string of the molecule is Cc1ncc(C2CCC(=O)C(O)C2)s1. The minimum atomic E-state index is -0.754. The molecule has 2 unspecified atom stereocenters. The Morgan fingerprint density at radius 1 is 1.64 bits per heavy atom. The largest absolute Gasteiger partial charge is 0.385 e. The number of aliphatic hydroxyl groups excluding tert-OH is 1. The maximum absolute atomic E-state index is 11.1. The summed E-state index contributed by atoms with van der Waals surface area (Å²) in [6.45, 7) is 1.97. The molecule has 1 aromatic rings. The molecule has 0 aliphatic heterocycles. The summed E-state index contributed by atoms with van der Waals surface area (Å²) < 4.78 is 0. The van der Waals surface area contributed by atoms with Crippen molar-refractivity contribution in [1.29, 1.82) is 0 Å². The molecule has 0 aromatic carbocycles. The van der Waals surface area contributed by atoms with Crippen LogP contribution in [-0.4, -0.2) is 22.0 Å². The molecule has 2 atom stereocenters. The molecule has 1 fully saturated rings. The second kappa shape index (κ2) is 3.79. The molecule has 0 radical (unpaired) electrons. The van der Waals surface area contributed by atoms with E-state index in [9.17, 15) is 9.90 Å². The first kappa shape index (κ1) is 9.80. The van der Waals surface area contributed by atoms with Crippen molar-refractivity contribution in [3.05, 3.63) is 16.1 Å². The van der Waals surface area contributed by atoms with Gasteiger partial charge in [-0.2, -0.15) is 0 Å². The monoisotopic (exact) mass is 211 g/mol. The number of aryl methyl sites for hydroxylation is 1. The van der Waals surface area contributed by atoms with Crippen molar-refractivity contribution in [2.24, 2.45) is 0 Å². The molecule has 3 nitrogen and oxygen atoms in total. The Hall–Kier alpha value is -0.740. The van der Waals surface area contributed by atoms with Gasteiger partial charge in [0.15, 0.2) is 5.78 Å². The van der Waals surface area contributed by atoms with E-state index in [1.54, 1.807) is 11.3 Å². The molecule has 1 N–H and O–H groups in total. The fourth-order valence-electron chi connectivity index (χ4n) is 1.83. The van der Waals surface area contributed by atoms with Gasteiger partial charge in [-0.25, -0.2) is 4.98 Å². The van der Waals surface area contributed by atoms with Crippen molar-refractivity contribution < 1.29 is 9.90 Å². The van der Waals surface area contributed by atoms with Crippen LogP contribution in [0, 0.1) is 6.92 Å². The lowest BCUT2D eigenvalue weighted by molar-refractivity contribution is -0.129. The quantitative estimate of drug-likeness (QED) is 0.768. The maximum Gasteiger partial charge on any atom is 0.161 e. The number of thiazole rings is 1. The summed E-state index contributed by atoms with van der Waals surface area (Å²) in [5.41, 5.74) is 0. The number of hydrogen-bond donors (Lipinski definition) is 1. The van der Waals surface area contributed by atoms with Crippen LogP contribution in [0.5, 0.6) is 0 Å². The second-order valence-corrected chi connectivity index (χ2v) is 5.00. The molecule has 4 heteroatoms. The Balaban J connectivity index is 2.10. The van der Waals surface area contributed by atoms with Gasteiger partial charge in [0.2, 0.25) is 0 Å². The zero-order valence-electron chi connectivity index (χ0n) is 8.06. The van der Waals surface area contributed by atoms with Crippen molar-refractivity contribution in [2.75, 3.05) is 0 Å². The number of carbonyl (C=O) groups is 1. The van der Waals surface area contributed by atoms with Gasteiger partial charge in [-0.05, 0) is 25.7 Å².